The first kappa shape index (κ1) is 18.9. The Morgan fingerprint density at radius 3 is 2.56 bits per heavy atom. The standard InChI is InChI=1S/C18H22N2O4S/c1-6-25-16-9-12(11-19-17(16)18(21)24-5)20(2)14-8-7-13(22-3)10-15(14)23-4/h7-11H,6H2,1-5H3. The molecule has 134 valence electrons. The molecule has 0 unspecified atom stereocenters. The number of carbonyl (C=O) groups excluding carboxylic acids is 1. The monoisotopic (exact) mass is 362 g/mol. The van der Waals surface area contributed by atoms with Crippen LogP contribution in [0.2, 0.25) is 0 Å². The molecular weight excluding hydrogens is 340 g/mol. The van der Waals surface area contributed by atoms with Crippen molar-refractivity contribution in [2.24, 2.45) is 0 Å². The highest BCUT2D eigenvalue weighted by Gasteiger charge is 2.18. The lowest BCUT2D eigenvalue weighted by Crippen LogP contribution is -2.13. The summed E-state index contributed by atoms with van der Waals surface area (Å²) in [7, 11) is 6.50. The summed E-state index contributed by atoms with van der Waals surface area (Å²) in [5, 5.41) is 0. The number of hydrogen-bond acceptors (Lipinski definition) is 7. The molecule has 1 aromatic carbocycles. The van der Waals surface area contributed by atoms with Crippen LogP contribution in [0.3, 0.4) is 0 Å². The Kier molecular flexibility index (Phi) is 6.52. The van der Waals surface area contributed by atoms with Gasteiger partial charge in [-0.25, -0.2) is 9.78 Å². The summed E-state index contributed by atoms with van der Waals surface area (Å²) in [6.45, 7) is 2.02. The smallest absolute Gasteiger partial charge is 0.357 e. The van der Waals surface area contributed by atoms with Crippen LogP contribution < -0.4 is 14.4 Å². The molecule has 0 saturated heterocycles. The van der Waals surface area contributed by atoms with Crippen molar-refractivity contribution >= 4 is 29.1 Å². The van der Waals surface area contributed by atoms with E-state index in [2.05, 4.69) is 4.98 Å². The molecule has 1 heterocycles. The molecule has 0 bridgehead atoms. The molecule has 0 saturated carbocycles. The summed E-state index contributed by atoms with van der Waals surface area (Å²) in [4.78, 5) is 18.9. The van der Waals surface area contributed by atoms with Crippen molar-refractivity contribution in [1.82, 2.24) is 4.98 Å². The van der Waals surface area contributed by atoms with Crippen molar-refractivity contribution in [3.63, 3.8) is 0 Å². The Morgan fingerprint density at radius 1 is 1.20 bits per heavy atom. The number of methoxy groups -OCH3 is 3. The van der Waals surface area contributed by atoms with Crippen LogP contribution in [0.5, 0.6) is 11.5 Å². The quantitative estimate of drug-likeness (QED) is 0.549. The molecule has 0 aliphatic rings. The molecule has 6 nitrogen and oxygen atoms in total. The van der Waals surface area contributed by atoms with E-state index in [0.717, 1.165) is 27.8 Å². The molecule has 2 aromatic rings. The largest absolute Gasteiger partial charge is 0.497 e. The maximum absolute atomic E-state index is 11.9. The second-order valence-electron chi connectivity index (χ2n) is 5.06. The van der Waals surface area contributed by atoms with Gasteiger partial charge in [0, 0.05) is 18.0 Å². The minimum atomic E-state index is -0.438. The van der Waals surface area contributed by atoms with E-state index in [1.54, 1.807) is 32.2 Å². The number of thioether (sulfide) groups is 1. The Hall–Kier alpha value is -2.41. The molecule has 0 amide bonds. The van der Waals surface area contributed by atoms with Crippen LogP contribution >= 0.6 is 11.8 Å². The van der Waals surface area contributed by atoms with Crippen LogP contribution in [0.25, 0.3) is 0 Å². The number of aromatic nitrogens is 1. The van der Waals surface area contributed by atoms with Crippen molar-refractivity contribution in [3.05, 3.63) is 36.2 Å². The van der Waals surface area contributed by atoms with Crippen LogP contribution in [0, 0.1) is 0 Å². The summed E-state index contributed by atoms with van der Waals surface area (Å²) >= 11 is 1.55. The van der Waals surface area contributed by atoms with Crippen molar-refractivity contribution in [2.75, 3.05) is 39.0 Å². The summed E-state index contributed by atoms with van der Waals surface area (Å²) < 4.78 is 15.5. The van der Waals surface area contributed by atoms with Gasteiger partial charge in [-0.2, -0.15) is 0 Å². The van der Waals surface area contributed by atoms with E-state index < -0.39 is 5.97 Å². The van der Waals surface area contributed by atoms with Gasteiger partial charge in [0.25, 0.3) is 0 Å². The third kappa shape index (κ3) is 4.17. The van der Waals surface area contributed by atoms with Gasteiger partial charge in [-0.3, -0.25) is 0 Å². The summed E-state index contributed by atoms with van der Waals surface area (Å²) in [6.07, 6.45) is 1.65. The van der Waals surface area contributed by atoms with E-state index in [1.807, 2.05) is 43.1 Å². The zero-order valence-corrected chi connectivity index (χ0v) is 15.8. The Morgan fingerprint density at radius 2 is 1.96 bits per heavy atom. The molecule has 0 fully saturated rings. The molecular formula is C18H22N2O4S. The molecule has 2 rings (SSSR count). The lowest BCUT2D eigenvalue weighted by molar-refractivity contribution is 0.0589. The third-order valence-corrected chi connectivity index (χ3v) is 4.56. The van der Waals surface area contributed by atoms with E-state index in [1.165, 1.54) is 7.11 Å². The van der Waals surface area contributed by atoms with E-state index >= 15 is 0 Å². The minimum absolute atomic E-state index is 0.327. The SMILES string of the molecule is CCSc1cc(N(C)c2ccc(OC)cc2OC)cnc1C(=O)OC. The molecule has 7 heteroatoms. The topological polar surface area (TPSA) is 60.9 Å². The first-order chi connectivity index (χ1) is 12.0. The van der Waals surface area contributed by atoms with Crippen molar-refractivity contribution in [3.8, 4) is 11.5 Å². The van der Waals surface area contributed by atoms with Gasteiger partial charge in [-0.15, -0.1) is 11.8 Å². The van der Waals surface area contributed by atoms with E-state index in [9.17, 15) is 4.79 Å². The fraction of sp³-hybridized carbons (Fsp3) is 0.333. The molecule has 1 aromatic heterocycles. The molecule has 25 heavy (non-hydrogen) atoms. The number of benzene rings is 1. The van der Waals surface area contributed by atoms with E-state index in [-0.39, 0.29) is 0 Å². The molecule has 0 spiro atoms. The second-order valence-corrected chi connectivity index (χ2v) is 6.37. The molecule has 0 aliphatic carbocycles. The van der Waals surface area contributed by atoms with Gasteiger partial charge in [-0.05, 0) is 24.0 Å². The Balaban J connectivity index is 2.44. The predicted octanol–water partition coefficient (Wildman–Crippen LogP) is 3.77. The molecule has 0 aliphatic heterocycles. The lowest BCUT2D eigenvalue weighted by Gasteiger charge is -2.23. The number of pyridine rings is 1. The average molecular weight is 362 g/mol. The number of carbonyl (C=O) groups is 1. The number of ether oxygens (including phenoxy) is 3. The molecule has 0 radical (unpaired) electrons. The van der Waals surface area contributed by atoms with Crippen molar-refractivity contribution < 1.29 is 19.0 Å². The van der Waals surface area contributed by atoms with Gasteiger partial charge in [0.1, 0.15) is 11.5 Å². The van der Waals surface area contributed by atoms with E-state index in [4.69, 9.17) is 14.2 Å². The normalized spacial score (nSPS) is 10.3. The van der Waals surface area contributed by atoms with Crippen LogP contribution in [0.4, 0.5) is 11.4 Å². The zero-order chi connectivity index (χ0) is 18.4. The highest BCUT2D eigenvalue weighted by atomic mass is 32.2. The van der Waals surface area contributed by atoms with Crippen LogP contribution in [-0.2, 0) is 4.74 Å². The third-order valence-electron chi connectivity index (χ3n) is 3.65. The van der Waals surface area contributed by atoms with Gasteiger partial charge in [-0.1, -0.05) is 6.92 Å². The summed E-state index contributed by atoms with van der Waals surface area (Å²) in [5.41, 5.74) is 2.03. The van der Waals surface area contributed by atoms with Crippen molar-refractivity contribution in [2.45, 2.75) is 11.8 Å². The van der Waals surface area contributed by atoms with Gasteiger partial charge in [0.05, 0.1) is 38.9 Å². The lowest BCUT2D eigenvalue weighted by atomic mass is 10.2. The summed E-state index contributed by atoms with van der Waals surface area (Å²) in [6, 6.07) is 7.53. The number of anilines is 2. The number of rotatable bonds is 7. The average Bonchev–Trinajstić information content (AvgIpc) is 2.66. The van der Waals surface area contributed by atoms with Gasteiger partial charge in [0.2, 0.25) is 0 Å². The number of esters is 1. The van der Waals surface area contributed by atoms with Crippen LogP contribution in [0.15, 0.2) is 35.4 Å². The second kappa shape index (κ2) is 8.62. The fourth-order valence-corrected chi connectivity index (χ4v) is 3.12. The predicted molar refractivity (Wildman–Crippen MR) is 99.6 cm³/mol. The van der Waals surface area contributed by atoms with Crippen LogP contribution in [-0.4, -0.2) is 45.1 Å². The number of nitrogens with zero attached hydrogens (tertiary/aromatic N) is 2. The fourth-order valence-electron chi connectivity index (χ4n) is 2.33. The van der Waals surface area contributed by atoms with E-state index in [0.29, 0.717) is 11.4 Å². The highest BCUT2D eigenvalue weighted by molar-refractivity contribution is 7.99. The molecule has 0 N–H and O–H groups in total. The van der Waals surface area contributed by atoms with Gasteiger partial charge >= 0.3 is 5.97 Å². The summed E-state index contributed by atoms with van der Waals surface area (Å²) in [5.74, 6) is 1.79. The maximum Gasteiger partial charge on any atom is 0.357 e. The highest BCUT2D eigenvalue weighted by Crippen LogP contribution is 2.36. The van der Waals surface area contributed by atoms with Crippen molar-refractivity contribution in [1.29, 1.82) is 0 Å². The first-order valence-corrected chi connectivity index (χ1v) is 8.71. The zero-order valence-electron chi connectivity index (χ0n) is 15.0. The first-order valence-electron chi connectivity index (χ1n) is 7.72. The Bertz CT molecular complexity index is 752. The Labute approximate surface area is 152 Å². The number of hydrogen-bond donors (Lipinski definition) is 0. The molecule has 0 atom stereocenters. The van der Waals surface area contributed by atoms with Gasteiger partial charge in [0.15, 0.2) is 5.69 Å². The maximum atomic E-state index is 11.9. The van der Waals surface area contributed by atoms with Crippen LogP contribution in [0.1, 0.15) is 17.4 Å². The van der Waals surface area contributed by atoms with Gasteiger partial charge < -0.3 is 19.1 Å². The minimum Gasteiger partial charge on any atom is -0.497 e.